The lowest BCUT2D eigenvalue weighted by molar-refractivity contribution is 0.553. The van der Waals surface area contributed by atoms with Crippen molar-refractivity contribution in [2.24, 2.45) is 5.92 Å². The van der Waals surface area contributed by atoms with E-state index in [1.807, 2.05) is 11.3 Å². The molecule has 1 aromatic heterocycles. The quantitative estimate of drug-likeness (QED) is 0.660. The average Bonchev–Trinajstić information content (AvgIpc) is 2.82. The smallest absolute Gasteiger partial charge is 0.185 e. The van der Waals surface area contributed by atoms with E-state index < -0.39 is 0 Å². The second-order valence-corrected chi connectivity index (χ2v) is 6.94. The molecule has 1 heterocycles. The van der Waals surface area contributed by atoms with Gasteiger partial charge in [0.25, 0.3) is 0 Å². The van der Waals surface area contributed by atoms with Crippen molar-refractivity contribution >= 4 is 16.5 Å². The first-order chi connectivity index (χ1) is 9.58. The highest BCUT2D eigenvalue weighted by Gasteiger charge is 2.12. The van der Waals surface area contributed by atoms with E-state index in [0.29, 0.717) is 5.92 Å². The lowest BCUT2D eigenvalue weighted by Crippen LogP contribution is -2.19. The van der Waals surface area contributed by atoms with Gasteiger partial charge < -0.3 is 10.2 Å². The van der Waals surface area contributed by atoms with Crippen LogP contribution in [0.25, 0.3) is 0 Å². The average molecular weight is 298 g/mol. The Morgan fingerprint density at radius 2 is 2.00 bits per heavy atom. The zero-order valence-electron chi connectivity index (χ0n) is 13.8. The standard InChI is InChI=1S/C16H31N3S/c1-6-8-9-10-19(5)16-18-14(7-2)15(20-16)12-17-11-13(3)4/h13,17H,6-12H2,1-5H3. The molecule has 1 aromatic rings. The van der Waals surface area contributed by atoms with Gasteiger partial charge >= 0.3 is 0 Å². The van der Waals surface area contributed by atoms with Crippen molar-refractivity contribution in [3.05, 3.63) is 10.6 Å². The van der Waals surface area contributed by atoms with E-state index in [0.717, 1.165) is 26.1 Å². The van der Waals surface area contributed by atoms with Crippen LogP contribution in [-0.4, -0.2) is 25.1 Å². The molecule has 0 aliphatic carbocycles. The van der Waals surface area contributed by atoms with Gasteiger partial charge in [-0.15, -0.1) is 11.3 Å². The number of nitrogens with one attached hydrogen (secondary N) is 1. The molecule has 0 aromatic carbocycles. The molecule has 0 aliphatic heterocycles. The van der Waals surface area contributed by atoms with Gasteiger partial charge in [-0.2, -0.15) is 0 Å². The van der Waals surface area contributed by atoms with Gasteiger partial charge in [0.1, 0.15) is 0 Å². The Labute approximate surface area is 128 Å². The number of thiazole rings is 1. The zero-order chi connectivity index (χ0) is 15.0. The summed E-state index contributed by atoms with van der Waals surface area (Å²) in [6, 6.07) is 0. The van der Waals surface area contributed by atoms with Crippen LogP contribution in [0.15, 0.2) is 0 Å². The first-order valence-corrected chi connectivity index (χ1v) is 8.80. The van der Waals surface area contributed by atoms with Crippen molar-refractivity contribution < 1.29 is 0 Å². The summed E-state index contributed by atoms with van der Waals surface area (Å²) in [5.41, 5.74) is 1.27. The van der Waals surface area contributed by atoms with Gasteiger partial charge in [0.15, 0.2) is 5.13 Å². The van der Waals surface area contributed by atoms with Crippen LogP contribution < -0.4 is 10.2 Å². The van der Waals surface area contributed by atoms with Crippen LogP contribution in [0.4, 0.5) is 5.13 Å². The second-order valence-electron chi connectivity index (χ2n) is 5.87. The third-order valence-corrected chi connectivity index (χ3v) is 4.58. The fraction of sp³-hybridized carbons (Fsp3) is 0.812. The highest BCUT2D eigenvalue weighted by atomic mass is 32.1. The highest BCUT2D eigenvalue weighted by Crippen LogP contribution is 2.26. The van der Waals surface area contributed by atoms with Crippen LogP contribution in [0.3, 0.4) is 0 Å². The molecule has 116 valence electrons. The number of unbranched alkanes of at least 4 members (excludes halogenated alkanes) is 2. The van der Waals surface area contributed by atoms with Crippen LogP contribution in [0.2, 0.25) is 0 Å². The van der Waals surface area contributed by atoms with Crippen molar-refractivity contribution in [1.29, 1.82) is 0 Å². The number of aromatic nitrogens is 1. The number of hydrogen-bond donors (Lipinski definition) is 1. The normalized spacial score (nSPS) is 11.3. The maximum Gasteiger partial charge on any atom is 0.185 e. The van der Waals surface area contributed by atoms with E-state index in [9.17, 15) is 0 Å². The maximum atomic E-state index is 4.81. The van der Waals surface area contributed by atoms with Crippen molar-refractivity contribution in [2.75, 3.05) is 25.0 Å². The molecular weight excluding hydrogens is 266 g/mol. The van der Waals surface area contributed by atoms with E-state index in [2.05, 4.69) is 45.0 Å². The van der Waals surface area contributed by atoms with Crippen molar-refractivity contribution in [3.8, 4) is 0 Å². The summed E-state index contributed by atoms with van der Waals surface area (Å²) in [4.78, 5) is 8.53. The van der Waals surface area contributed by atoms with Gasteiger partial charge in [-0.3, -0.25) is 0 Å². The van der Waals surface area contributed by atoms with Gasteiger partial charge in [-0.1, -0.05) is 40.5 Å². The summed E-state index contributed by atoms with van der Waals surface area (Å²) in [5, 5.41) is 4.71. The van der Waals surface area contributed by atoms with E-state index in [4.69, 9.17) is 4.98 Å². The predicted octanol–water partition coefficient (Wildman–Crippen LogP) is 4.08. The Bertz CT molecular complexity index is 374. The Balaban J connectivity index is 2.58. The topological polar surface area (TPSA) is 28.2 Å². The summed E-state index contributed by atoms with van der Waals surface area (Å²) >= 11 is 1.85. The number of rotatable bonds is 10. The largest absolute Gasteiger partial charge is 0.351 e. The third kappa shape index (κ3) is 5.80. The Kier molecular flexibility index (Phi) is 8.15. The molecule has 0 aliphatic rings. The summed E-state index contributed by atoms with van der Waals surface area (Å²) in [6.07, 6.45) is 4.86. The minimum Gasteiger partial charge on any atom is -0.351 e. The molecule has 3 nitrogen and oxygen atoms in total. The van der Waals surface area contributed by atoms with Gasteiger partial charge in [0, 0.05) is 25.0 Å². The fourth-order valence-electron chi connectivity index (χ4n) is 2.12. The first-order valence-electron chi connectivity index (χ1n) is 7.98. The van der Waals surface area contributed by atoms with Gasteiger partial charge in [0.2, 0.25) is 0 Å². The molecule has 1 rings (SSSR count). The Morgan fingerprint density at radius 1 is 1.25 bits per heavy atom. The highest BCUT2D eigenvalue weighted by molar-refractivity contribution is 7.15. The molecular formula is C16H31N3S. The minimum atomic E-state index is 0.698. The summed E-state index contributed by atoms with van der Waals surface area (Å²) < 4.78 is 0. The molecule has 0 amide bonds. The molecule has 1 N–H and O–H groups in total. The monoisotopic (exact) mass is 297 g/mol. The second kappa shape index (κ2) is 9.35. The molecule has 0 fully saturated rings. The maximum absolute atomic E-state index is 4.81. The van der Waals surface area contributed by atoms with Crippen LogP contribution >= 0.6 is 11.3 Å². The molecule has 0 saturated heterocycles. The molecule has 0 bridgehead atoms. The van der Waals surface area contributed by atoms with Crippen molar-refractivity contribution in [3.63, 3.8) is 0 Å². The Morgan fingerprint density at radius 3 is 2.60 bits per heavy atom. The molecule has 0 atom stereocenters. The summed E-state index contributed by atoms with van der Waals surface area (Å²) in [5.74, 6) is 0.698. The van der Waals surface area contributed by atoms with E-state index in [-0.39, 0.29) is 0 Å². The van der Waals surface area contributed by atoms with Crippen molar-refractivity contribution in [2.45, 2.75) is 59.9 Å². The summed E-state index contributed by atoms with van der Waals surface area (Å²) in [6.45, 7) is 12.1. The summed E-state index contributed by atoms with van der Waals surface area (Å²) in [7, 11) is 2.17. The van der Waals surface area contributed by atoms with Crippen LogP contribution in [-0.2, 0) is 13.0 Å². The predicted molar refractivity (Wildman–Crippen MR) is 90.8 cm³/mol. The molecule has 0 saturated carbocycles. The lowest BCUT2D eigenvalue weighted by atomic mass is 10.2. The van der Waals surface area contributed by atoms with E-state index in [1.165, 1.54) is 35.0 Å². The number of nitrogens with zero attached hydrogens (tertiary/aromatic N) is 2. The number of aryl methyl sites for hydroxylation is 1. The third-order valence-electron chi connectivity index (χ3n) is 3.36. The van der Waals surface area contributed by atoms with Gasteiger partial charge in [-0.05, 0) is 25.3 Å². The number of hydrogen-bond acceptors (Lipinski definition) is 4. The van der Waals surface area contributed by atoms with Crippen LogP contribution in [0.5, 0.6) is 0 Å². The molecule has 20 heavy (non-hydrogen) atoms. The molecule has 0 spiro atoms. The minimum absolute atomic E-state index is 0.698. The van der Waals surface area contributed by atoms with E-state index in [1.54, 1.807) is 0 Å². The van der Waals surface area contributed by atoms with Crippen LogP contribution in [0.1, 0.15) is 57.5 Å². The molecule has 0 radical (unpaired) electrons. The van der Waals surface area contributed by atoms with Gasteiger partial charge in [-0.25, -0.2) is 4.98 Å². The molecule has 4 heteroatoms. The first kappa shape index (κ1) is 17.4. The van der Waals surface area contributed by atoms with Crippen molar-refractivity contribution in [1.82, 2.24) is 10.3 Å². The molecule has 0 unspecified atom stereocenters. The zero-order valence-corrected chi connectivity index (χ0v) is 14.6. The van der Waals surface area contributed by atoms with Crippen LogP contribution in [0, 0.1) is 5.92 Å². The lowest BCUT2D eigenvalue weighted by Gasteiger charge is -2.14. The number of anilines is 1. The van der Waals surface area contributed by atoms with Gasteiger partial charge in [0.05, 0.1) is 5.69 Å². The van der Waals surface area contributed by atoms with E-state index >= 15 is 0 Å². The SMILES string of the molecule is CCCCCN(C)c1nc(CC)c(CNCC(C)C)s1. The fourth-order valence-corrected chi connectivity index (χ4v) is 3.22. The Hall–Kier alpha value is -0.610.